The Morgan fingerprint density at radius 3 is 1.90 bits per heavy atom. The van der Waals surface area contributed by atoms with Crippen LogP contribution in [-0.4, -0.2) is 46.9 Å². The molecule has 0 saturated carbocycles. The van der Waals surface area contributed by atoms with E-state index in [1.165, 1.54) is 0 Å². The minimum absolute atomic E-state index is 0.0378. The molecule has 1 aliphatic heterocycles. The second-order valence-corrected chi connectivity index (χ2v) is 7.11. The Labute approximate surface area is 124 Å². The van der Waals surface area contributed by atoms with Crippen molar-refractivity contribution in [3.8, 4) is 0 Å². The van der Waals surface area contributed by atoms with Crippen LogP contribution in [0.2, 0.25) is 0 Å². The molecule has 0 aromatic rings. The van der Waals surface area contributed by atoms with Crippen LogP contribution in [0.4, 0.5) is 0 Å². The van der Waals surface area contributed by atoms with E-state index in [4.69, 9.17) is 0 Å². The molecular formula is C17H30N2O. The van der Waals surface area contributed by atoms with Gasteiger partial charge in [0.2, 0.25) is 5.91 Å². The van der Waals surface area contributed by atoms with Crippen LogP contribution < -0.4 is 0 Å². The molecule has 0 aliphatic carbocycles. The van der Waals surface area contributed by atoms with Gasteiger partial charge in [-0.05, 0) is 47.6 Å². The summed E-state index contributed by atoms with van der Waals surface area (Å²) >= 11 is 0. The van der Waals surface area contributed by atoms with Gasteiger partial charge in [-0.2, -0.15) is 0 Å². The van der Waals surface area contributed by atoms with Gasteiger partial charge >= 0.3 is 0 Å². The van der Waals surface area contributed by atoms with Gasteiger partial charge in [-0.3, -0.25) is 9.69 Å². The average molecular weight is 278 g/mol. The Balaban J connectivity index is 2.92. The molecule has 1 heterocycles. The number of hydrogen-bond donors (Lipinski definition) is 0. The largest absolute Gasteiger partial charge is 0.335 e. The van der Waals surface area contributed by atoms with Crippen LogP contribution in [0.3, 0.4) is 0 Å². The number of piperidine rings is 1. The average Bonchev–Trinajstić information content (AvgIpc) is 2.34. The van der Waals surface area contributed by atoms with Crippen LogP contribution >= 0.6 is 0 Å². The summed E-state index contributed by atoms with van der Waals surface area (Å²) in [6, 6.07) is 0. The van der Waals surface area contributed by atoms with Gasteiger partial charge in [0.15, 0.2) is 0 Å². The quantitative estimate of drug-likeness (QED) is 0.722. The van der Waals surface area contributed by atoms with Crippen molar-refractivity contribution in [1.29, 1.82) is 0 Å². The molecule has 0 unspecified atom stereocenters. The number of nitrogens with zero attached hydrogens (tertiary/aromatic N) is 2. The van der Waals surface area contributed by atoms with Gasteiger partial charge in [-0.1, -0.05) is 12.2 Å². The maximum absolute atomic E-state index is 12.8. The molecule has 0 bridgehead atoms. The van der Waals surface area contributed by atoms with Gasteiger partial charge in [0.05, 0.1) is 0 Å². The molecule has 0 atom stereocenters. The van der Waals surface area contributed by atoms with Gasteiger partial charge in [0.25, 0.3) is 0 Å². The molecule has 0 radical (unpaired) electrons. The van der Waals surface area contributed by atoms with Crippen LogP contribution in [0.15, 0.2) is 25.3 Å². The number of rotatable bonds is 5. The number of likely N-dealkylation sites (tertiary alicyclic amines) is 1. The van der Waals surface area contributed by atoms with Crippen molar-refractivity contribution in [3.63, 3.8) is 0 Å². The zero-order valence-electron chi connectivity index (χ0n) is 13.8. The molecule has 3 heteroatoms. The van der Waals surface area contributed by atoms with E-state index in [1.807, 2.05) is 4.90 Å². The standard InChI is InChI=1S/C17H30N2O/c1-8-10-19(11-9-2)15(20)14-12-16(3,4)18(7)17(5,6)13-14/h8-9,14H,1-2,10-13H2,3-7H3. The molecule has 1 aliphatic rings. The highest BCUT2D eigenvalue weighted by atomic mass is 16.2. The summed E-state index contributed by atoms with van der Waals surface area (Å²) in [5.74, 6) is 0.315. The molecule has 1 rings (SSSR count). The lowest BCUT2D eigenvalue weighted by Crippen LogP contribution is -2.60. The Hall–Kier alpha value is -1.09. The Morgan fingerprint density at radius 2 is 1.55 bits per heavy atom. The van der Waals surface area contributed by atoms with Crippen LogP contribution in [0, 0.1) is 5.92 Å². The molecule has 0 aromatic carbocycles. The third-order valence-electron chi connectivity index (χ3n) is 4.67. The van der Waals surface area contributed by atoms with E-state index in [1.54, 1.807) is 12.2 Å². The molecule has 20 heavy (non-hydrogen) atoms. The number of hydrogen-bond acceptors (Lipinski definition) is 2. The van der Waals surface area contributed by atoms with Gasteiger partial charge < -0.3 is 4.90 Å². The van der Waals surface area contributed by atoms with Crippen molar-refractivity contribution in [2.45, 2.75) is 51.6 Å². The zero-order valence-corrected chi connectivity index (χ0v) is 13.8. The summed E-state index contributed by atoms with van der Waals surface area (Å²) in [7, 11) is 2.16. The minimum atomic E-state index is 0.0378. The maximum atomic E-state index is 12.8. The molecule has 0 aromatic heterocycles. The van der Waals surface area contributed by atoms with E-state index in [0.717, 1.165) is 12.8 Å². The Morgan fingerprint density at radius 1 is 1.15 bits per heavy atom. The number of carbonyl (C=O) groups excluding carboxylic acids is 1. The maximum Gasteiger partial charge on any atom is 0.226 e. The van der Waals surface area contributed by atoms with E-state index in [2.05, 4.69) is 52.8 Å². The summed E-state index contributed by atoms with van der Waals surface area (Å²) in [5, 5.41) is 0. The molecule has 1 amide bonds. The number of carbonyl (C=O) groups is 1. The lowest BCUT2D eigenvalue weighted by molar-refractivity contribution is -0.141. The fourth-order valence-electron chi connectivity index (χ4n) is 3.37. The van der Waals surface area contributed by atoms with Gasteiger partial charge in [-0.25, -0.2) is 0 Å². The predicted octanol–water partition coefficient (Wildman–Crippen LogP) is 3.09. The van der Waals surface area contributed by atoms with Crippen molar-refractivity contribution < 1.29 is 4.79 Å². The first-order chi connectivity index (χ1) is 9.15. The van der Waals surface area contributed by atoms with Crippen LogP contribution in [0.1, 0.15) is 40.5 Å². The van der Waals surface area contributed by atoms with Crippen molar-refractivity contribution >= 4 is 5.91 Å². The normalized spacial score (nSPS) is 22.2. The first kappa shape index (κ1) is 17.0. The third-order valence-corrected chi connectivity index (χ3v) is 4.67. The van der Waals surface area contributed by atoms with E-state index < -0.39 is 0 Å². The van der Waals surface area contributed by atoms with Crippen molar-refractivity contribution in [3.05, 3.63) is 25.3 Å². The first-order valence-corrected chi connectivity index (χ1v) is 7.40. The topological polar surface area (TPSA) is 23.6 Å². The van der Waals surface area contributed by atoms with E-state index in [0.29, 0.717) is 13.1 Å². The highest BCUT2D eigenvalue weighted by molar-refractivity contribution is 5.79. The van der Waals surface area contributed by atoms with E-state index in [-0.39, 0.29) is 22.9 Å². The monoisotopic (exact) mass is 278 g/mol. The lowest BCUT2D eigenvalue weighted by atomic mass is 9.73. The summed E-state index contributed by atoms with van der Waals surface area (Å²) < 4.78 is 0. The predicted molar refractivity (Wildman–Crippen MR) is 85.6 cm³/mol. The van der Waals surface area contributed by atoms with E-state index in [9.17, 15) is 4.79 Å². The second-order valence-electron chi connectivity index (χ2n) is 7.11. The first-order valence-electron chi connectivity index (χ1n) is 7.40. The van der Waals surface area contributed by atoms with Gasteiger partial charge in [0, 0.05) is 30.1 Å². The molecule has 0 spiro atoms. The molecular weight excluding hydrogens is 248 g/mol. The molecule has 114 valence electrons. The Bertz CT molecular complexity index is 356. The minimum Gasteiger partial charge on any atom is -0.335 e. The van der Waals surface area contributed by atoms with Crippen LogP contribution in [0.25, 0.3) is 0 Å². The van der Waals surface area contributed by atoms with Crippen LogP contribution in [-0.2, 0) is 4.79 Å². The van der Waals surface area contributed by atoms with Crippen molar-refractivity contribution in [2.75, 3.05) is 20.1 Å². The highest BCUT2D eigenvalue weighted by Crippen LogP contribution is 2.40. The molecule has 3 nitrogen and oxygen atoms in total. The molecule has 1 saturated heterocycles. The van der Waals surface area contributed by atoms with Crippen LogP contribution in [0.5, 0.6) is 0 Å². The van der Waals surface area contributed by atoms with Gasteiger partial charge in [0.1, 0.15) is 0 Å². The summed E-state index contributed by atoms with van der Waals surface area (Å²) in [5.41, 5.74) is 0.0756. The number of amides is 1. The fourth-order valence-corrected chi connectivity index (χ4v) is 3.37. The molecule has 1 fully saturated rings. The van der Waals surface area contributed by atoms with Gasteiger partial charge in [-0.15, -0.1) is 13.2 Å². The van der Waals surface area contributed by atoms with Crippen molar-refractivity contribution in [2.24, 2.45) is 5.92 Å². The lowest BCUT2D eigenvalue weighted by Gasteiger charge is -2.53. The van der Waals surface area contributed by atoms with E-state index >= 15 is 0 Å². The Kier molecular flexibility index (Phi) is 5.20. The second kappa shape index (κ2) is 6.13. The van der Waals surface area contributed by atoms with Crippen molar-refractivity contribution in [1.82, 2.24) is 9.80 Å². The third kappa shape index (κ3) is 3.51. The summed E-state index contributed by atoms with van der Waals surface area (Å²) in [6.45, 7) is 17.6. The summed E-state index contributed by atoms with van der Waals surface area (Å²) in [4.78, 5) is 17.0. The summed E-state index contributed by atoms with van der Waals surface area (Å²) in [6.07, 6.45) is 5.37. The zero-order chi connectivity index (χ0) is 15.6. The SMILES string of the molecule is C=CCN(CC=C)C(=O)C1CC(C)(C)N(C)C(C)(C)C1. The fraction of sp³-hybridized carbons (Fsp3) is 0.706. The highest BCUT2D eigenvalue weighted by Gasteiger charge is 2.45. The smallest absolute Gasteiger partial charge is 0.226 e. The molecule has 0 N–H and O–H groups in total.